The maximum atomic E-state index is 5.65. The Morgan fingerprint density at radius 2 is 1.93 bits per heavy atom. The zero-order chi connectivity index (χ0) is 9.97. The summed E-state index contributed by atoms with van der Waals surface area (Å²) in [6.45, 7) is 0. The van der Waals surface area contributed by atoms with Crippen LogP contribution in [-0.2, 0) is 4.74 Å². The molecule has 2 unspecified atom stereocenters. The first kappa shape index (κ1) is 10.7. The molecule has 0 saturated heterocycles. The van der Waals surface area contributed by atoms with Gasteiger partial charge in [0.1, 0.15) is 5.52 Å². The van der Waals surface area contributed by atoms with E-state index in [1.807, 2.05) is 0 Å². The topological polar surface area (TPSA) is 9.23 Å². The molecule has 1 aliphatic rings. The molecule has 0 fully saturated rings. The van der Waals surface area contributed by atoms with Gasteiger partial charge in [-0.1, -0.05) is 56.1 Å². The molecule has 2 atom stereocenters. The molecule has 0 radical (unpaired) electrons. The van der Waals surface area contributed by atoms with Gasteiger partial charge in [-0.15, -0.1) is 0 Å². The number of benzene rings is 1. The van der Waals surface area contributed by atoms with Crippen molar-refractivity contribution in [2.75, 3.05) is 5.52 Å². The Balaban J connectivity index is 2.31. The second-order valence-electron chi connectivity index (χ2n) is 3.44. The van der Waals surface area contributed by atoms with Gasteiger partial charge >= 0.3 is 0 Å². The average molecular weight is 320 g/mol. The summed E-state index contributed by atoms with van der Waals surface area (Å²) in [6, 6.07) is 8.51. The van der Waals surface area contributed by atoms with Crippen molar-refractivity contribution in [3.8, 4) is 0 Å². The minimum absolute atomic E-state index is 0.263. The highest BCUT2D eigenvalue weighted by atomic mass is 79.9. The first-order valence-corrected chi connectivity index (χ1v) is 6.77. The number of hydrogen-bond acceptors (Lipinski definition) is 1. The molecule has 0 aromatic heterocycles. The maximum absolute atomic E-state index is 5.65. The maximum Gasteiger partial charge on any atom is 0.102 e. The Hall–Kier alpha value is 0.140. The van der Waals surface area contributed by atoms with Crippen LogP contribution >= 0.6 is 31.9 Å². The van der Waals surface area contributed by atoms with Crippen LogP contribution in [0.15, 0.2) is 24.3 Å². The molecule has 1 nitrogen and oxygen atoms in total. The van der Waals surface area contributed by atoms with E-state index in [4.69, 9.17) is 4.74 Å². The molecule has 14 heavy (non-hydrogen) atoms. The number of hydrogen-bond donors (Lipinski definition) is 0. The third-order valence-corrected chi connectivity index (χ3v) is 3.84. The van der Waals surface area contributed by atoms with Gasteiger partial charge in [0.15, 0.2) is 0 Å². The number of halogens is 2. The van der Waals surface area contributed by atoms with Crippen molar-refractivity contribution in [2.45, 2.75) is 23.8 Å². The van der Waals surface area contributed by atoms with Crippen LogP contribution in [0, 0.1) is 0 Å². The van der Waals surface area contributed by atoms with E-state index in [0.29, 0.717) is 10.3 Å². The number of alkyl halides is 2. The van der Waals surface area contributed by atoms with Crippen LogP contribution < -0.4 is 0 Å². The van der Waals surface area contributed by atoms with Gasteiger partial charge in [-0.2, -0.15) is 0 Å². The lowest BCUT2D eigenvalue weighted by Crippen LogP contribution is -2.13. The SMILES string of the molecule is BrCOC1CCC(Br)c2ccccc21. The van der Waals surface area contributed by atoms with Crippen LogP contribution in [-0.4, -0.2) is 5.52 Å². The van der Waals surface area contributed by atoms with Gasteiger partial charge in [0.2, 0.25) is 0 Å². The van der Waals surface area contributed by atoms with Crippen molar-refractivity contribution in [3.05, 3.63) is 35.4 Å². The predicted octanol–water partition coefficient (Wildman–Crippen LogP) is 4.33. The molecule has 0 N–H and O–H groups in total. The van der Waals surface area contributed by atoms with E-state index in [1.165, 1.54) is 11.1 Å². The summed E-state index contributed by atoms with van der Waals surface area (Å²) < 4.78 is 5.65. The number of rotatable bonds is 2. The summed E-state index contributed by atoms with van der Waals surface area (Å²) in [5.41, 5.74) is 3.32. The van der Waals surface area contributed by atoms with Gasteiger partial charge in [-0.3, -0.25) is 0 Å². The van der Waals surface area contributed by atoms with E-state index in [-0.39, 0.29) is 6.10 Å². The largest absolute Gasteiger partial charge is 0.362 e. The third-order valence-electron chi connectivity index (χ3n) is 2.63. The molecule has 2 rings (SSSR count). The summed E-state index contributed by atoms with van der Waals surface area (Å²) >= 11 is 7.02. The van der Waals surface area contributed by atoms with E-state index in [9.17, 15) is 0 Å². The third kappa shape index (κ3) is 2.05. The monoisotopic (exact) mass is 318 g/mol. The smallest absolute Gasteiger partial charge is 0.102 e. The lowest BCUT2D eigenvalue weighted by atomic mass is 9.89. The fourth-order valence-corrected chi connectivity index (χ4v) is 2.95. The normalized spacial score (nSPS) is 25.9. The zero-order valence-corrected chi connectivity index (χ0v) is 10.9. The Kier molecular flexibility index (Phi) is 3.63. The summed E-state index contributed by atoms with van der Waals surface area (Å²) in [7, 11) is 0. The van der Waals surface area contributed by atoms with E-state index in [0.717, 1.165) is 12.8 Å². The van der Waals surface area contributed by atoms with Crippen molar-refractivity contribution in [2.24, 2.45) is 0 Å². The molecule has 0 heterocycles. The van der Waals surface area contributed by atoms with E-state index in [2.05, 4.69) is 56.1 Å². The van der Waals surface area contributed by atoms with Crippen LogP contribution in [0.5, 0.6) is 0 Å². The molecule has 1 aliphatic carbocycles. The zero-order valence-electron chi connectivity index (χ0n) is 7.75. The van der Waals surface area contributed by atoms with Crippen molar-refractivity contribution in [1.29, 1.82) is 0 Å². The van der Waals surface area contributed by atoms with Crippen LogP contribution in [0.2, 0.25) is 0 Å². The fourth-order valence-electron chi connectivity index (χ4n) is 1.95. The highest BCUT2D eigenvalue weighted by molar-refractivity contribution is 9.09. The van der Waals surface area contributed by atoms with Crippen molar-refractivity contribution >= 4 is 31.9 Å². The summed E-state index contributed by atoms with van der Waals surface area (Å²) in [4.78, 5) is 0.494. The van der Waals surface area contributed by atoms with Crippen molar-refractivity contribution in [3.63, 3.8) is 0 Å². The summed E-state index contributed by atoms with van der Waals surface area (Å²) in [5, 5.41) is 0. The van der Waals surface area contributed by atoms with Crippen LogP contribution in [0.3, 0.4) is 0 Å². The van der Waals surface area contributed by atoms with E-state index < -0.39 is 0 Å². The first-order chi connectivity index (χ1) is 6.83. The molecule has 0 saturated carbocycles. The first-order valence-electron chi connectivity index (χ1n) is 4.73. The second-order valence-corrected chi connectivity index (χ2v) is 5.00. The molecule has 76 valence electrons. The van der Waals surface area contributed by atoms with Crippen molar-refractivity contribution in [1.82, 2.24) is 0 Å². The van der Waals surface area contributed by atoms with E-state index in [1.54, 1.807) is 0 Å². The lowest BCUT2D eigenvalue weighted by molar-refractivity contribution is 0.0785. The quantitative estimate of drug-likeness (QED) is 0.737. The van der Waals surface area contributed by atoms with Crippen LogP contribution in [0.25, 0.3) is 0 Å². The Bertz CT molecular complexity index is 314. The van der Waals surface area contributed by atoms with Gasteiger partial charge in [0.25, 0.3) is 0 Å². The molecule has 0 spiro atoms. The molecule has 3 heteroatoms. The Labute approximate surface area is 101 Å². The Morgan fingerprint density at radius 1 is 1.21 bits per heavy atom. The Morgan fingerprint density at radius 3 is 2.64 bits per heavy atom. The molecule has 1 aromatic carbocycles. The molecular weight excluding hydrogens is 308 g/mol. The van der Waals surface area contributed by atoms with Gasteiger partial charge in [-0.05, 0) is 24.0 Å². The summed E-state index contributed by atoms with van der Waals surface area (Å²) in [6.07, 6.45) is 2.51. The highest BCUT2D eigenvalue weighted by Crippen LogP contribution is 2.42. The molecule has 0 bridgehead atoms. The van der Waals surface area contributed by atoms with Gasteiger partial charge in [0.05, 0.1) is 6.10 Å². The fraction of sp³-hybridized carbons (Fsp3) is 0.455. The number of fused-ring (bicyclic) bond motifs is 1. The van der Waals surface area contributed by atoms with Gasteiger partial charge < -0.3 is 4.74 Å². The molecule has 0 amide bonds. The van der Waals surface area contributed by atoms with Crippen molar-refractivity contribution < 1.29 is 4.74 Å². The molecule has 1 aromatic rings. The van der Waals surface area contributed by atoms with E-state index >= 15 is 0 Å². The second kappa shape index (κ2) is 4.77. The molecule has 0 aliphatic heterocycles. The van der Waals surface area contributed by atoms with Gasteiger partial charge in [-0.25, -0.2) is 0 Å². The standard InChI is InChI=1S/C11H12Br2O/c12-7-14-11-6-5-10(13)8-3-1-2-4-9(8)11/h1-4,10-11H,5-7H2. The van der Waals surface area contributed by atoms with Gasteiger partial charge in [0, 0.05) is 4.83 Å². The average Bonchev–Trinajstić information content (AvgIpc) is 2.23. The number of ether oxygens (including phenoxy) is 1. The lowest BCUT2D eigenvalue weighted by Gasteiger charge is -2.28. The summed E-state index contributed by atoms with van der Waals surface area (Å²) in [5.74, 6) is 0. The minimum Gasteiger partial charge on any atom is -0.362 e. The highest BCUT2D eigenvalue weighted by Gasteiger charge is 2.25. The van der Waals surface area contributed by atoms with Crippen LogP contribution in [0.1, 0.15) is 34.9 Å². The molecular formula is C11H12Br2O. The minimum atomic E-state index is 0.263. The predicted molar refractivity (Wildman–Crippen MR) is 65.0 cm³/mol. The van der Waals surface area contributed by atoms with Crippen LogP contribution in [0.4, 0.5) is 0 Å².